The van der Waals surface area contributed by atoms with Gasteiger partial charge in [0.1, 0.15) is 28.2 Å². The summed E-state index contributed by atoms with van der Waals surface area (Å²) in [7, 11) is 0. The Morgan fingerprint density at radius 2 is 1.94 bits per heavy atom. The van der Waals surface area contributed by atoms with Gasteiger partial charge in [0.15, 0.2) is 0 Å². The fourth-order valence-corrected chi connectivity index (χ4v) is 6.94. The predicted molar refractivity (Wildman–Crippen MR) is 134 cm³/mol. The Morgan fingerprint density at radius 3 is 2.69 bits per heavy atom. The molecule has 10 heteroatoms. The molecule has 0 atom stereocenters. The van der Waals surface area contributed by atoms with Gasteiger partial charge in [-0.25, -0.2) is 9.97 Å². The van der Waals surface area contributed by atoms with E-state index in [9.17, 15) is 18.4 Å². The van der Waals surface area contributed by atoms with Gasteiger partial charge in [-0.3, -0.25) is 4.90 Å². The predicted octanol–water partition coefficient (Wildman–Crippen LogP) is 5.48. The van der Waals surface area contributed by atoms with Crippen molar-refractivity contribution in [3.63, 3.8) is 0 Å². The number of anilines is 1. The minimum absolute atomic E-state index is 0.177. The number of fused-ring (bicyclic) bond motifs is 2. The average Bonchev–Trinajstić information content (AvgIpc) is 3.50. The summed E-state index contributed by atoms with van der Waals surface area (Å²) in [5.41, 5.74) is 4.20. The maximum Gasteiger partial charge on any atom is 0.393 e. The number of H-pyrrole nitrogens is 1. The highest BCUT2D eigenvalue weighted by atomic mass is 32.1. The number of hydrogen-bond donors (Lipinski definition) is 1. The van der Waals surface area contributed by atoms with Crippen LogP contribution in [0.15, 0.2) is 24.3 Å². The molecule has 4 aromatic rings. The normalized spacial score (nSPS) is 17.8. The lowest BCUT2D eigenvalue weighted by atomic mass is 9.78. The quantitative estimate of drug-likeness (QED) is 0.394. The van der Waals surface area contributed by atoms with Gasteiger partial charge in [0, 0.05) is 53.9 Å². The molecule has 0 unspecified atom stereocenters. The van der Waals surface area contributed by atoms with Crippen LogP contribution in [0.3, 0.4) is 0 Å². The van der Waals surface area contributed by atoms with E-state index >= 15 is 0 Å². The molecule has 36 heavy (non-hydrogen) atoms. The molecule has 0 saturated carbocycles. The van der Waals surface area contributed by atoms with Gasteiger partial charge >= 0.3 is 6.18 Å². The van der Waals surface area contributed by atoms with Gasteiger partial charge in [0.05, 0.1) is 11.8 Å². The Bertz CT molecular complexity index is 1520. The van der Waals surface area contributed by atoms with E-state index < -0.39 is 12.6 Å². The number of aryl methyl sites for hydroxylation is 2. The Labute approximate surface area is 210 Å². The van der Waals surface area contributed by atoms with Crippen LogP contribution in [-0.4, -0.2) is 52.2 Å². The van der Waals surface area contributed by atoms with Crippen molar-refractivity contribution in [1.29, 1.82) is 5.26 Å². The summed E-state index contributed by atoms with van der Waals surface area (Å²) >= 11 is 1.11. The van der Waals surface area contributed by atoms with Crippen LogP contribution in [0, 0.1) is 30.6 Å². The summed E-state index contributed by atoms with van der Waals surface area (Å²) in [5.74, 6) is 1.35. The third kappa shape index (κ3) is 4.10. The lowest BCUT2D eigenvalue weighted by molar-refractivity contribution is -0.126. The molecule has 2 saturated heterocycles. The number of nitrogens with one attached hydrogen (secondary N) is 1. The van der Waals surface area contributed by atoms with Crippen LogP contribution in [0.2, 0.25) is 0 Å². The van der Waals surface area contributed by atoms with Crippen molar-refractivity contribution in [1.82, 2.24) is 19.9 Å². The van der Waals surface area contributed by atoms with E-state index in [0.717, 1.165) is 72.6 Å². The first-order chi connectivity index (χ1) is 17.1. The number of benzene rings is 1. The zero-order valence-corrected chi connectivity index (χ0v) is 20.9. The van der Waals surface area contributed by atoms with E-state index in [1.54, 1.807) is 13.0 Å². The Kier molecular flexibility index (Phi) is 5.28. The van der Waals surface area contributed by atoms with Crippen LogP contribution in [0.5, 0.6) is 0 Å². The Balaban J connectivity index is 1.17. The molecule has 2 fully saturated rings. The van der Waals surface area contributed by atoms with Gasteiger partial charge in [-0.2, -0.15) is 18.4 Å². The van der Waals surface area contributed by atoms with Crippen molar-refractivity contribution >= 4 is 38.3 Å². The molecule has 2 aliphatic heterocycles. The SMILES string of the molecule is Cc1nc(N2CCC3(CN(Cc4ccc5[nH]c(C#N)cc5c4C)C3)C2)c2cc(CC(F)(F)F)sc2n1. The molecular formula is C26H25F3N6S. The number of rotatable bonds is 4. The highest BCUT2D eigenvalue weighted by Crippen LogP contribution is 2.44. The lowest BCUT2D eigenvalue weighted by Crippen LogP contribution is -2.56. The van der Waals surface area contributed by atoms with Gasteiger partial charge in [0.2, 0.25) is 0 Å². The van der Waals surface area contributed by atoms with E-state index in [2.05, 4.69) is 43.8 Å². The molecule has 1 aromatic carbocycles. The third-order valence-electron chi connectivity index (χ3n) is 7.47. The zero-order chi connectivity index (χ0) is 25.2. The van der Waals surface area contributed by atoms with Crippen LogP contribution in [0.1, 0.15) is 33.9 Å². The monoisotopic (exact) mass is 510 g/mol. The summed E-state index contributed by atoms with van der Waals surface area (Å²) in [6.45, 7) is 8.42. The molecule has 2 aliphatic rings. The molecule has 6 nitrogen and oxygen atoms in total. The van der Waals surface area contributed by atoms with Crippen molar-refractivity contribution in [2.24, 2.45) is 5.41 Å². The van der Waals surface area contributed by atoms with E-state index in [1.165, 1.54) is 11.1 Å². The molecule has 1 N–H and O–H groups in total. The number of thiophene rings is 1. The molecule has 5 heterocycles. The molecule has 0 amide bonds. The third-order valence-corrected chi connectivity index (χ3v) is 8.49. The summed E-state index contributed by atoms with van der Waals surface area (Å²) in [5, 5.41) is 11.0. The second-order valence-corrected chi connectivity index (χ2v) is 11.4. The maximum absolute atomic E-state index is 13.0. The number of halogens is 3. The fourth-order valence-electron chi connectivity index (χ4n) is 5.84. The summed E-state index contributed by atoms with van der Waals surface area (Å²) in [4.78, 5) is 17.8. The van der Waals surface area contributed by atoms with Gasteiger partial charge in [-0.05, 0) is 49.6 Å². The van der Waals surface area contributed by atoms with E-state index in [4.69, 9.17) is 0 Å². The molecule has 186 valence electrons. The van der Waals surface area contributed by atoms with Gasteiger partial charge in [-0.15, -0.1) is 11.3 Å². The second-order valence-electron chi connectivity index (χ2n) is 10.2. The number of likely N-dealkylation sites (tertiary alicyclic amines) is 1. The Morgan fingerprint density at radius 1 is 1.14 bits per heavy atom. The van der Waals surface area contributed by atoms with Crippen molar-refractivity contribution in [3.05, 3.63) is 51.8 Å². The van der Waals surface area contributed by atoms with E-state index in [0.29, 0.717) is 16.3 Å². The van der Waals surface area contributed by atoms with Gasteiger partial charge in [-0.1, -0.05) is 6.07 Å². The van der Waals surface area contributed by atoms with Crippen LogP contribution in [0.25, 0.3) is 21.1 Å². The van der Waals surface area contributed by atoms with Gasteiger partial charge < -0.3 is 9.88 Å². The molecule has 6 rings (SSSR count). The van der Waals surface area contributed by atoms with Crippen LogP contribution in [-0.2, 0) is 13.0 Å². The molecule has 0 aliphatic carbocycles. The highest BCUT2D eigenvalue weighted by molar-refractivity contribution is 7.18. The second kappa shape index (κ2) is 8.18. The first-order valence-corrected chi connectivity index (χ1v) is 12.8. The number of aromatic amines is 1. The summed E-state index contributed by atoms with van der Waals surface area (Å²) in [6, 6.07) is 9.89. The minimum atomic E-state index is -4.24. The first-order valence-electron chi connectivity index (χ1n) is 11.9. The van der Waals surface area contributed by atoms with Crippen molar-refractivity contribution in [2.45, 2.75) is 39.4 Å². The van der Waals surface area contributed by atoms with Crippen LogP contribution < -0.4 is 4.90 Å². The number of aromatic nitrogens is 3. The number of nitriles is 1. The number of alkyl halides is 3. The minimum Gasteiger partial charge on any atom is -0.355 e. The zero-order valence-electron chi connectivity index (χ0n) is 20.0. The smallest absolute Gasteiger partial charge is 0.355 e. The van der Waals surface area contributed by atoms with E-state index in [1.807, 2.05) is 12.1 Å². The first kappa shape index (κ1) is 23.3. The van der Waals surface area contributed by atoms with Crippen molar-refractivity contribution in [3.8, 4) is 6.07 Å². The van der Waals surface area contributed by atoms with Gasteiger partial charge in [0.25, 0.3) is 0 Å². The standard InChI is InChI=1S/C26H25F3N6S/c1-15-17(3-4-22-20(15)7-18(10-30)33-22)11-34-12-25(13-34)5-6-35(14-25)23-21-8-19(9-26(27,28)29)36-24(21)32-16(2)31-23/h3-4,7-8,33H,5-6,9,11-14H2,1-2H3. The fraction of sp³-hybridized carbons (Fsp3) is 0.423. The number of nitrogens with zero attached hydrogens (tertiary/aromatic N) is 5. The van der Waals surface area contributed by atoms with E-state index in [-0.39, 0.29) is 10.3 Å². The highest BCUT2D eigenvalue weighted by Gasteiger charge is 2.48. The molecule has 0 bridgehead atoms. The average molecular weight is 511 g/mol. The molecule has 1 spiro atoms. The topological polar surface area (TPSA) is 71.8 Å². The van der Waals surface area contributed by atoms with Crippen LogP contribution >= 0.6 is 11.3 Å². The van der Waals surface area contributed by atoms with Crippen molar-refractivity contribution in [2.75, 3.05) is 31.1 Å². The lowest BCUT2D eigenvalue weighted by Gasteiger charge is -2.48. The summed E-state index contributed by atoms with van der Waals surface area (Å²) < 4.78 is 38.9. The summed E-state index contributed by atoms with van der Waals surface area (Å²) in [6.07, 6.45) is -4.13. The number of hydrogen-bond acceptors (Lipinski definition) is 6. The largest absolute Gasteiger partial charge is 0.393 e. The maximum atomic E-state index is 13.0. The Hall–Kier alpha value is -3.16. The molecular weight excluding hydrogens is 485 g/mol. The van der Waals surface area contributed by atoms with Crippen molar-refractivity contribution < 1.29 is 13.2 Å². The molecule has 3 aromatic heterocycles. The van der Waals surface area contributed by atoms with Crippen LogP contribution in [0.4, 0.5) is 19.0 Å². The molecule has 0 radical (unpaired) electrons.